The molecule has 29 heavy (non-hydrogen) atoms. The zero-order valence-corrected chi connectivity index (χ0v) is 19.8. The smallest absolute Gasteiger partial charge is 0.191 e. The van der Waals surface area contributed by atoms with Crippen molar-refractivity contribution in [1.82, 2.24) is 30.3 Å². The van der Waals surface area contributed by atoms with Gasteiger partial charge in [-0.25, -0.2) is 4.98 Å². The third-order valence-electron chi connectivity index (χ3n) is 5.24. The van der Waals surface area contributed by atoms with Gasteiger partial charge in [-0.05, 0) is 43.6 Å². The van der Waals surface area contributed by atoms with Gasteiger partial charge < -0.3 is 15.4 Å². The van der Waals surface area contributed by atoms with Gasteiger partial charge in [-0.15, -0.1) is 24.0 Å². The average molecular weight is 513 g/mol. The van der Waals surface area contributed by atoms with Crippen molar-refractivity contribution in [2.45, 2.75) is 31.8 Å². The summed E-state index contributed by atoms with van der Waals surface area (Å²) in [6.45, 7) is 3.62. The third kappa shape index (κ3) is 6.56. The fourth-order valence-corrected chi connectivity index (χ4v) is 3.57. The van der Waals surface area contributed by atoms with Crippen molar-refractivity contribution in [3.05, 3.63) is 42.0 Å². The van der Waals surface area contributed by atoms with Crippen molar-refractivity contribution < 1.29 is 4.74 Å². The first-order valence-corrected chi connectivity index (χ1v) is 9.86. The lowest BCUT2D eigenvalue weighted by atomic mass is 10.0. The molecule has 1 unspecified atom stereocenters. The lowest BCUT2D eigenvalue weighted by Gasteiger charge is -2.35. The summed E-state index contributed by atoms with van der Waals surface area (Å²) >= 11 is 0. The summed E-state index contributed by atoms with van der Waals surface area (Å²) in [5, 5.41) is 10.9. The van der Waals surface area contributed by atoms with E-state index in [9.17, 15) is 0 Å². The van der Waals surface area contributed by atoms with Crippen LogP contribution in [0.3, 0.4) is 0 Å². The van der Waals surface area contributed by atoms with Crippen LogP contribution in [-0.2, 0) is 13.6 Å². The highest BCUT2D eigenvalue weighted by molar-refractivity contribution is 14.0. The number of guanidine groups is 1. The molecule has 0 bridgehead atoms. The van der Waals surface area contributed by atoms with Crippen molar-refractivity contribution in [3.63, 3.8) is 0 Å². The van der Waals surface area contributed by atoms with Crippen LogP contribution in [0.4, 0.5) is 0 Å². The average Bonchev–Trinajstić information content (AvgIpc) is 3.16. The van der Waals surface area contributed by atoms with Crippen molar-refractivity contribution in [2.24, 2.45) is 12.0 Å². The van der Waals surface area contributed by atoms with Crippen LogP contribution in [0.25, 0.3) is 0 Å². The zero-order valence-electron chi connectivity index (χ0n) is 17.5. The van der Waals surface area contributed by atoms with Crippen LogP contribution < -0.4 is 15.4 Å². The standard InChI is InChI=1S/C20H31N7O.HI/c1-21-20(23-14-19-24-15-25-26(19)2)22-13-18(27-11-5-4-6-12-27)16-7-9-17(28-3)10-8-16;/h7-10,15,18H,4-6,11-14H2,1-3H3,(H2,21,22,23);1H. The van der Waals surface area contributed by atoms with Gasteiger partial charge in [-0.1, -0.05) is 18.6 Å². The molecule has 1 saturated heterocycles. The highest BCUT2D eigenvalue weighted by atomic mass is 127. The van der Waals surface area contributed by atoms with Crippen molar-refractivity contribution in [1.29, 1.82) is 0 Å². The number of likely N-dealkylation sites (tertiary alicyclic amines) is 1. The Hall–Kier alpha value is -1.88. The molecule has 2 heterocycles. The number of hydrogen-bond donors (Lipinski definition) is 2. The van der Waals surface area contributed by atoms with E-state index in [1.807, 2.05) is 19.2 Å². The lowest BCUT2D eigenvalue weighted by molar-refractivity contribution is 0.164. The number of rotatable bonds is 7. The number of piperidine rings is 1. The maximum Gasteiger partial charge on any atom is 0.191 e. The second-order valence-corrected chi connectivity index (χ2v) is 6.99. The predicted octanol–water partition coefficient (Wildman–Crippen LogP) is 2.33. The summed E-state index contributed by atoms with van der Waals surface area (Å²) in [7, 11) is 5.37. The molecule has 160 valence electrons. The molecule has 1 fully saturated rings. The molecule has 1 aromatic heterocycles. The largest absolute Gasteiger partial charge is 0.497 e. The van der Waals surface area contributed by atoms with Crippen LogP contribution in [-0.4, -0.2) is 59.4 Å². The molecule has 0 radical (unpaired) electrons. The van der Waals surface area contributed by atoms with E-state index in [0.29, 0.717) is 12.6 Å². The van der Waals surface area contributed by atoms with Crippen LogP contribution >= 0.6 is 24.0 Å². The van der Waals surface area contributed by atoms with Gasteiger partial charge in [0.05, 0.1) is 19.7 Å². The number of aromatic nitrogens is 3. The molecule has 1 aromatic carbocycles. The summed E-state index contributed by atoms with van der Waals surface area (Å²) in [6.07, 6.45) is 5.39. The van der Waals surface area contributed by atoms with E-state index in [1.54, 1.807) is 25.2 Å². The van der Waals surface area contributed by atoms with E-state index < -0.39 is 0 Å². The van der Waals surface area contributed by atoms with Crippen molar-refractivity contribution >= 4 is 29.9 Å². The Labute approximate surface area is 190 Å². The van der Waals surface area contributed by atoms with E-state index in [1.165, 1.54) is 24.8 Å². The maximum absolute atomic E-state index is 5.32. The van der Waals surface area contributed by atoms with Gasteiger partial charge >= 0.3 is 0 Å². The Kier molecular flexibility index (Phi) is 9.65. The predicted molar refractivity (Wildman–Crippen MR) is 126 cm³/mol. The Morgan fingerprint density at radius 3 is 2.48 bits per heavy atom. The molecule has 0 aliphatic carbocycles. The number of methoxy groups -OCH3 is 1. The summed E-state index contributed by atoms with van der Waals surface area (Å²) in [5.41, 5.74) is 1.29. The normalized spacial score (nSPS) is 16.0. The number of hydrogen-bond acceptors (Lipinski definition) is 5. The Morgan fingerprint density at radius 1 is 1.17 bits per heavy atom. The molecular weight excluding hydrogens is 481 g/mol. The van der Waals surface area contributed by atoms with E-state index in [0.717, 1.165) is 37.2 Å². The number of benzene rings is 1. The summed E-state index contributed by atoms with van der Waals surface area (Å²) in [6, 6.07) is 8.69. The molecule has 0 amide bonds. The molecule has 2 N–H and O–H groups in total. The monoisotopic (exact) mass is 513 g/mol. The molecule has 3 rings (SSSR count). The van der Waals surface area contributed by atoms with Gasteiger partial charge in [-0.3, -0.25) is 14.6 Å². The summed E-state index contributed by atoms with van der Waals surface area (Å²) in [5.74, 6) is 2.51. The quantitative estimate of drug-likeness (QED) is 0.336. The van der Waals surface area contributed by atoms with Gasteiger partial charge in [0.15, 0.2) is 5.96 Å². The highest BCUT2D eigenvalue weighted by Gasteiger charge is 2.22. The minimum absolute atomic E-state index is 0. The molecular formula is C20H32IN7O. The number of ether oxygens (including phenoxy) is 1. The zero-order chi connectivity index (χ0) is 19.8. The molecule has 9 heteroatoms. The van der Waals surface area contributed by atoms with Gasteiger partial charge in [0.25, 0.3) is 0 Å². The van der Waals surface area contributed by atoms with Gasteiger partial charge in [0, 0.05) is 20.6 Å². The maximum atomic E-state index is 5.32. The van der Waals surface area contributed by atoms with Crippen LogP contribution in [0.15, 0.2) is 35.6 Å². The molecule has 0 saturated carbocycles. The molecule has 1 aliphatic rings. The first kappa shape index (κ1) is 23.4. The number of nitrogens with zero attached hydrogens (tertiary/aromatic N) is 5. The van der Waals surface area contributed by atoms with Crippen LogP contribution in [0, 0.1) is 0 Å². The van der Waals surface area contributed by atoms with Crippen molar-refractivity contribution in [2.75, 3.05) is 33.8 Å². The SMILES string of the molecule is CN=C(NCc1ncnn1C)NCC(c1ccc(OC)cc1)N1CCCCC1.I. The number of aliphatic imine (C=N–C) groups is 1. The fraction of sp³-hybridized carbons (Fsp3) is 0.550. The van der Waals surface area contributed by atoms with Gasteiger partial charge in [0.1, 0.15) is 17.9 Å². The number of nitrogens with one attached hydrogen (secondary N) is 2. The molecule has 1 atom stereocenters. The molecule has 1 aliphatic heterocycles. The van der Waals surface area contributed by atoms with Gasteiger partial charge in [-0.2, -0.15) is 5.10 Å². The van der Waals surface area contributed by atoms with E-state index >= 15 is 0 Å². The van der Waals surface area contributed by atoms with Crippen LogP contribution in [0.5, 0.6) is 5.75 Å². The number of aryl methyl sites for hydroxylation is 1. The second-order valence-electron chi connectivity index (χ2n) is 6.99. The molecule has 0 spiro atoms. The molecule has 8 nitrogen and oxygen atoms in total. The first-order valence-electron chi connectivity index (χ1n) is 9.86. The summed E-state index contributed by atoms with van der Waals surface area (Å²) in [4.78, 5) is 11.2. The highest BCUT2D eigenvalue weighted by Crippen LogP contribution is 2.25. The van der Waals surface area contributed by atoms with Crippen molar-refractivity contribution in [3.8, 4) is 5.75 Å². The minimum atomic E-state index is 0. The molecule has 2 aromatic rings. The van der Waals surface area contributed by atoms with Crippen LogP contribution in [0.2, 0.25) is 0 Å². The topological polar surface area (TPSA) is 79.6 Å². The van der Waals surface area contributed by atoms with E-state index in [4.69, 9.17) is 4.74 Å². The second kappa shape index (κ2) is 12.0. The van der Waals surface area contributed by atoms with Gasteiger partial charge in [0.2, 0.25) is 0 Å². The van der Waals surface area contributed by atoms with E-state index in [-0.39, 0.29) is 24.0 Å². The Bertz CT molecular complexity index is 756. The lowest BCUT2D eigenvalue weighted by Crippen LogP contribution is -2.44. The van der Waals surface area contributed by atoms with Crippen LogP contribution in [0.1, 0.15) is 36.7 Å². The fourth-order valence-electron chi connectivity index (χ4n) is 3.57. The number of halogens is 1. The summed E-state index contributed by atoms with van der Waals surface area (Å²) < 4.78 is 7.07. The first-order chi connectivity index (χ1) is 13.7. The Balaban J connectivity index is 0.00000300. The minimum Gasteiger partial charge on any atom is -0.497 e. The third-order valence-corrected chi connectivity index (χ3v) is 5.24. The van der Waals surface area contributed by atoms with E-state index in [2.05, 4.69) is 42.7 Å². The Morgan fingerprint density at radius 2 is 1.90 bits per heavy atom.